The molecule has 4 aromatic rings. The standard InChI is InChI=1S/C25H30N10O/c1-35-21-9-4-16(12-20(21)32-34-35)25(36)28-18-7-5-17(6-8-18)27-14-24-26-11-10-22(30-24)29-23-13-19(31-33-23)15-2-3-15/h4,9-13,15,17-18,27H,2-3,5-8,14H2,1H3,(H,28,36)(H2,26,29,30,31,33). The third kappa shape index (κ3) is 5.06. The molecule has 0 unspecified atom stereocenters. The van der Waals surface area contributed by atoms with Crippen molar-refractivity contribution in [3.05, 3.63) is 53.6 Å². The second-order valence-corrected chi connectivity index (χ2v) is 9.79. The van der Waals surface area contributed by atoms with Gasteiger partial charge in [0.2, 0.25) is 0 Å². The highest BCUT2D eigenvalue weighted by Gasteiger charge is 2.26. The van der Waals surface area contributed by atoms with Crippen LogP contribution in [-0.2, 0) is 13.6 Å². The van der Waals surface area contributed by atoms with E-state index in [1.807, 2.05) is 25.2 Å². The van der Waals surface area contributed by atoms with Crippen LogP contribution in [0.1, 0.15) is 66.3 Å². The van der Waals surface area contributed by atoms with E-state index >= 15 is 0 Å². The largest absolute Gasteiger partial charge is 0.349 e. The molecule has 2 aliphatic carbocycles. The molecule has 0 saturated heterocycles. The van der Waals surface area contributed by atoms with Gasteiger partial charge in [0.1, 0.15) is 17.2 Å². The second-order valence-electron chi connectivity index (χ2n) is 9.79. The maximum Gasteiger partial charge on any atom is 0.251 e. The summed E-state index contributed by atoms with van der Waals surface area (Å²) in [6.07, 6.45) is 8.08. The number of aromatic amines is 1. The molecule has 2 saturated carbocycles. The van der Waals surface area contributed by atoms with Gasteiger partial charge in [0, 0.05) is 48.6 Å². The van der Waals surface area contributed by atoms with Crippen molar-refractivity contribution in [3.8, 4) is 0 Å². The molecule has 6 rings (SSSR count). The minimum atomic E-state index is -0.0576. The van der Waals surface area contributed by atoms with Gasteiger partial charge in [-0.25, -0.2) is 14.6 Å². The third-order valence-corrected chi connectivity index (χ3v) is 7.06. The molecule has 1 amide bonds. The Morgan fingerprint density at radius 1 is 1.06 bits per heavy atom. The molecule has 0 spiro atoms. The molecule has 0 atom stereocenters. The van der Waals surface area contributed by atoms with Crippen LogP contribution in [-0.4, -0.2) is 53.2 Å². The minimum Gasteiger partial charge on any atom is -0.349 e. The van der Waals surface area contributed by atoms with Crippen LogP contribution in [0.3, 0.4) is 0 Å². The monoisotopic (exact) mass is 486 g/mol. The molecule has 11 heteroatoms. The van der Waals surface area contributed by atoms with E-state index in [-0.39, 0.29) is 11.9 Å². The van der Waals surface area contributed by atoms with E-state index in [1.165, 1.54) is 18.5 Å². The quantitative estimate of drug-likeness (QED) is 0.298. The van der Waals surface area contributed by atoms with Gasteiger partial charge in [0.25, 0.3) is 5.91 Å². The van der Waals surface area contributed by atoms with Gasteiger partial charge in [-0.15, -0.1) is 5.10 Å². The predicted octanol–water partition coefficient (Wildman–Crippen LogP) is 2.93. The number of aryl methyl sites for hydroxylation is 1. The lowest BCUT2D eigenvalue weighted by molar-refractivity contribution is 0.0924. The molecular formula is C25H30N10O. The molecule has 0 bridgehead atoms. The maximum atomic E-state index is 12.7. The number of nitrogens with zero attached hydrogens (tertiary/aromatic N) is 6. The number of fused-ring (bicyclic) bond motifs is 1. The van der Waals surface area contributed by atoms with Crippen LogP contribution in [0.15, 0.2) is 36.5 Å². The first-order valence-electron chi connectivity index (χ1n) is 12.6. The predicted molar refractivity (Wildman–Crippen MR) is 135 cm³/mol. The lowest BCUT2D eigenvalue weighted by atomic mass is 9.91. The number of H-pyrrole nitrogens is 1. The van der Waals surface area contributed by atoms with Crippen molar-refractivity contribution in [1.29, 1.82) is 0 Å². The van der Waals surface area contributed by atoms with Gasteiger partial charge < -0.3 is 16.0 Å². The van der Waals surface area contributed by atoms with E-state index in [9.17, 15) is 4.79 Å². The third-order valence-electron chi connectivity index (χ3n) is 7.06. The van der Waals surface area contributed by atoms with Crippen LogP contribution < -0.4 is 16.0 Å². The smallest absolute Gasteiger partial charge is 0.251 e. The van der Waals surface area contributed by atoms with Gasteiger partial charge in [0.05, 0.1) is 12.1 Å². The van der Waals surface area contributed by atoms with Crippen LogP contribution in [0.25, 0.3) is 11.0 Å². The summed E-state index contributed by atoms with van der Waals surface area (Å²) in [4.78, 5) is 21.8. The fourth-order valence-corrected chi connectivity index (χ4v) is 4.82. The fraction of sp³-hybridized carbons (Fsp3) is 0.440. The van der Waals surface area contributed by atoms with E-state index < -0.39 is 0 Å². The number of rotatable bonds is 8. The first kappa shape index (κ1) is 22.6. The molecule has 2 aliphatic rings. The Hall–Kier alpha value is -3.86. The Balaban J connectivity index is 0.967. The number of aromatic nitrogens is 7. The molecule has 0 radical (unpaired) electrons. The highest BCUT2D eigenvalue weighted by Crippen LogP contribution is 2.39. The lowest BCUT2D eigenvalue weighted by Gasteiger charge is -2.29. The summed E-state index contributed by atoms with van der Waals surface area (Å²) in [7, 11) is 1.84. The first-order chi connectivity index (χ1) is 17.6. The van der Waals surface area contributed by atoms with E-state index in [0.717, 1.165) is 54.2 Å². The maximum absolute atomic E-state index is 12.7. The summed E-state index contributed by atoms with van der Waals surface area (Å²) in [6.45, 7) is 0.600. The van der Waals surface area contributed by atoms with Crippen molar-refractivity contribution in [3.63, 3.8) is 0 Å². The molecule has 11 nitrogen and oxygen atoms in total. The number of benzene rings is 1. The van der Waals surface area contributed by atoms with Gasteiger partial charge in [-0.3, -0.25) is 9.89 Å². The van der Waals surface area contributed by atoms with Gasteiger partial charge in [0.15, 0.2) is 5.82 Å². The Kier molecular flexibility index (Phi) is 6.06. The van der Waals surface area contributed by atoms with E-state index in [0.29, 0.717) is 24.1 Å². The summed E-state index contributed by atoms with van der Waals surface area (Å²) >= 11 is 0. The number of hydrogen-bond acceptors (Lipinski definition) is 8. The zero-order valence-corrected chi connectivity index (χ0v) is 20.2. The van der Waals surface area contributed by atoms with Crippen molar-refractivity contribution < 1.29 is 4.79 Å². The Morgan fingerprint density at radius 2 is 1.89 bits per heavy atom. The van der Waals surface area contributed by atoms with Crippen molar-refractivity contribution in [1.82, 2.24) is 45.8 Å². The molecule has 3 heterocycles. The summed E-state index contributed by atoms with van der Waals surface area (Å²) in [5, 5.41) is 25.6. The van der Waals surface area contributed by atoms with Crippen molar-refractivity contribution in [2.24, 2.45) is 7.05 Å². The number of carbonyl (C=O) groups excluding carboxylic acids is 1. The topological polar surface area (TPSA) is 138 Å². The van der Waals surface area contributed by atoms with Crippen LogP contribution in [0.4, 0.5) is 11.6 Å². The summed E-state index contributed by atoms with van der Waals surface area (Å²) in [6, 6.07) is 9.97. The Morgan fingerprint density at radius 3 is 2.72 bits per heavy atom. The number of amides is 1. The number of hydrogen-bond donors (Lipinski definition) is 4. The first-order valence-corrected chi connectivity index (χ1v) is 12.6. The van der Waals surface area contributed by atoms with Crippen molar-refractivity contribution >= 4 is 28.6 Å². The molecule has 4 N–H and O–H groups in total. The number of nitrogens with one attached hydrogen (secondary N) is 4. The zero-order chi connectivity index (χ0) is 24.5. The summed E-state index contributed by atoms with van der Waals surface area (Å²) < 4.78 is 1.70. The number of anilines is 2. The van der Waals surface area contributed by atoms with Gasteiger partial charge in [-0.2, -0.15) is 5.10 Å². The molecule has 186 valence electrons. The van der Waals surface area contributed by atoms with Crippen LogP contribution in [0, 0.1) is 0 Å². The zero-order valence-electron chi connectivity index (χ0n) is 20.2. The second kappa shape index (κ2) is 9.65. The fourth-order valence-electron chi connectivity index (χ4n) is 4.82. The Labute approximate surface area is 208 Å². The normalized spacial score (nSPS) is 19.9. The Bertz CT molecular complexity index is 1370. The highest BCUT2D eigenvalue weighted by atomic mass is 16.1. The molecule has 3 aromatic heterocycles. The minimum absolute atomic E-state index is 0.0576. The van der Waals surface area contributed by atoms with Crippen molar-refractivity contribution in [2.45, 2.75) is 63.1 Å². The van der Waals surface area contributed by atoms with Crippen LogP contribution >= 0.6 is 0 Å². The molecule has 0 aliphatic heterocycles. The SMILES string of the molecule is Cn1nnc2cc(C(=O)NC3CCC(NCc4nccc(Nc5cc(C6CC6)[nH]n5)n4)CC3)ccc21. The summed E-state index contributed by atoms with van der Waals surface area (Å²) in [5.74, 6) is 2.84. The molecule has 2 fully saturated rings. The van der Waals surface area contributed by atoms with Gasteiger partial charge >= 0.3 is 0 Å². The average molecular weight is 487 g/mol. The van der Waals surface area contributed by atoms with Crippen molar-refractivity contribution in [2.75, 3.05) is 5.32 Å². The molecule has 36 heavy (non-hydrogen) atoms. The van der Waals surface area contributed by atoms with Crippen LogP contribution in [0.5, 0.6) is 0 Å². The van der Waals surface area contributed by atoms with E-state index in [1.54, 1.807) is 16.9 Å². The average Bonchev–Trinajstić information content (AvgIpc) is 3.54. The van der Waals surface area contributed by atoms with E-state index in [2.05, 4.69) is 52.5 Å². The number of carbonyl (C=O) groups is 1. The van der Waals surface area contributed by atoms with Gasteiger partial charge in [-0.05, 0) is 62.8 Å². The summed E-state index contributed by atoms with van der Waals surface area (Å²) in [5.41, 5.74) is 3.44. The molecule has 1 aromatic carbocycles. The van der Waals surface area contributed by atoms with Crippen LogP contribution in [0.2, 0.25) is 0 Å². The van der Waals surface area contributed by atoms with Gasteiger partial charge in [-0.1, -0.05) is 5.21 Å². The highest BCUT2D eigenvalue weighted by molar-refractivity contribution is 5.97. The molecular weight excluding hydrogens is 456 g/mol. The lowest BCUT2D eigenvalue weighted by Crippen LogP contribution is -2.42. The van der Waals surface area contributed by atoms with E-state index in [4.69, 9.17) is 0 Å².